The maximum atomic E-state index is 10.9. The minimum absolute atomic E-state index is 0.194. The monoisotopic (exact) mass is 282 g/mol. The summed E-state index contributed by atoms with van der Waals surface area (Å²) in [4.78, 5) is 10.9. The number of piperidine rings is 1. The molecule has 0 aromatic carbocycles. The summed E-state index contributed by atoms with van der Waals surface area (Å²) in [5.41, 5.74) is 0. The number of nitrogens with one attached hydrogen (secondary N) is 1. The fourth-order valence-corrected chi connectivity index (χ4v) is 1.83. The Bertz CT molecular complexity index is 162. The Labute approximate surface area is 87.4 Å². The van der Waals surface area contributed by atoms with Crippen molar-refractivity contribution in [2.45, 2.75) is 38.8 Å². The second-order valence-electron chi connectivity index (χ2n) is 3.43. The van der Waals surface area contributed by atoms with Crippen molar-refractivity contribution in [3.63, 3.8) is 0 Å². The molecule has 1 aliphatic heterocycles. The molecule has 0 bridgehead atoms. The summed E-state index contributed by atoms with van der Waals surface area (Å²) in [6, 6.07) is 1.06. The molecule has 4 heteroatoms. The molecule has 0 aromatic rings. The van der Waals surface area contributed by atoms with Gasteiger partial charge < -0.3 is 5.32 Å². The number of halogens is 1. The average Bonchev–Trinajstić information content (AvgIpc) is 2.04. The third-order valence-corrected chi connectivity index (χ3v) is 3.98. The van der Waals surface area contributed by atoms with Crippen molar-refractivity contribution >= 4 is 28.8 Å². The van der Waals surface area contributed by atoms with E-state index in [1.165, 1.54) is 0 Å². The van der Waals surface area contributed by atoms with Gasteiger partial charge in [0.25, 0.3) is 0 Å². The Balaban J connectivity index is 2.38. The van der Waals surface area contributed by atoms with Gasteiger partial charge in [-0.2, -0.15) is 0 Å². The molecular formula is C8H15IN2O. The summed E-state index contributed by atoms with van der Waals surface area (Å²) in [6.07, 6.45) is 1.67. The summed E-state index contributed by atoms with van der Waals surface area (Å²) < 4.78 is 2.29. The Hall–Kier alpha value is 0.160. The van der Waals surface area contributed by atoms with Crippen molar-refractivity contribution in [2.24, 2.45) is 0 Å². The van der Waals surface area contributed by atoms with E-state index in [2.05, 4.69) is 45.1 Å². The quantitative estimate of drug-likeness (QED) is 0.612. The normalized spacial score (nSPS) is 24.8. The summed E-state index contributed by atoms with van der Waals surface area (Å²) in [7, 11) is 0. The van der Waals surface area contributed by atoms with Crippen LogP contribution in [0.1, 0.15) is 26.7 Å². The minimum Gasteiger partial charge on any atom is -0.355 e. The molecule has 1 aliphatic rings. The second kappa shape index (κ2) is 4.41. The Morgan fingerprint density at radius 3 is 2.75 bits per heavy atom. The lowest BCUT2D eigenvalue weighted by molar-refractivity contribution is -0.122. The SMILES string of the molecule is CC(C)N(I)[C@H]1CCC(=O)NC1. The lowest BCUT2D eigenvalue weighted by atomic mass is 10.1. The molecule has 1 amide bonds. The highest BCUT2D eigenvalue weighted by Gasteiger charge is 2.23. The average molecular weight is 282 g/mol. The first-order chi connectivity index (χ1) is 5.61. The van der Waals surface area contributed by atoms with E-state index in [-0.39, 0.29) is 5.91 Å². The molecule has 3 nitrogen and oxygen atoms in total. The lowest BCUT2D eigenvalue weighted by Crippen LogP contribution is -2.46. The zero-order valence-electron chi connectivity index (χ0n) is 7.51. The van der Waals surface area contributed by atoms with Gasteiger partial charge in [-0.05, 0) is 20.3 Å². The first-order valence-corrected chi connectivity index (χ1v) is 5.28. The highest BCUT2D eigenvalue weighted by Crippen LogP contribution is 2.17. The van der Waals surface area contributed by atoms with E-state index in [9.17, 15) is 4.79 Å². The maximum Gasteiger partial charge on any atom is 0.220 e. The smallest absolute Gasteiger partial charge is 0.220 e. The molecule has 1 heterocycles. The third-order valence-electron chi connectivity index (χ3n) is 2.08. The number of carbonyl (C=O) groups excluding carboxylic acids is 1. The molecule has 0 saturated carbocycles. The van der Waals surface area contributed by atoms with Crippen molar-refractivity contribution in [1.29, 1.82) is 0 Å². The van der Waals surface area contributed by atoms with Crippen molar-refractivity contribution in [3.8, 4) is 0 Å². The molecule has 0 aliphatic carbocycles. The van der Waals surface area contributed by atoms with Crippen LogP contribution in [-0.2, 0) is 4.79 Å². The lowest BCUT2D eigenvalue weighted by Gasteiger charge is -2.31. The van der Waals surface area contributed by atoms with Crippen LogP contribution in [0.2, 0.25) is 0 Å². The number of nitrogens with zero attached hydrogens (tertiary/aromatic N) is 1. The van der Waals surface area contributed by atoms with E-state index in [0.717, 1.165) is 13.0 Å². The summed E-state index contributed by atoms with van der Waals surface area (Å²) >= 11 is 2.34. The molecule has 70 valence electrons. The Morgan fingerprint density at radius 2 is 2.33 bits per heavy atom. The van der Waals surface area contributed by atoms with Crippen LogP contribution in [0.15, 0.2) is 0 Å². The largest absolute Gasteiger partial charge is 0.355 e. The molecule has 0 unspecified atom stereocenters. The minimum atomic E-state index is 0.194. The van der Waals surface area contributed by atoms with Crippen molar-refractivity contribution in [1.82, 2.24) is 8.43 Å². The molecule has 0 spiro atoms. The molecule has 1 saturated heterocycles. The van der Waals surface area contributed by atoms with Gasteiger partial charge in [0, 0.05) is 47.9 Å². The number of carbonyl (C=O) groups is 1. The fraction of sp³-hybridized carbons (Fsp3) is 0.875. The van der Waals surface area contributed by atoms with Gasteiger partial charge in [0.2, 0.25) is 5.91 Å². The van der Waals surface area contributed by atoms with Gasteiger partial charge in [-0.15, -0.1) is 0 Å². The van der Waals surface area contributed by atoms with Crippen molar-refractivity contribution < 1.29 is 4.79 Å². The first-order valence-electron chi connectivity index (χ1n) is 4.32. The van der Waals surface area contributed by atoms with Gasteiger partial charge in [-0.3, -0.25) is 4.79 Å². The van der Waals surface area contributed by atoms with E-state index in [1.54, 1.807) is 0 Å². The molecule has 1 N–H and O–H groups in total. The summed E-state index contributed by atoms with van der Waals surface area (Å²) in [6.45, 7) is 5.14. The van der Waals surface area contributed by atoms with Crippen LogP contribution >= 0.6 is 22.9 Å². The zero-order valence-corrected chi connectivity index (χ0v) is 9.67. The number of hydrogen-bond acceptors (Lipinski definition) is 2. The topological polar surface area (TPSA) is 32.3 Å². The molecular weight excluding hydrogens is 267 g/mol. The van der Waals surface area contributed by atoms with Crippen LogP contribution < -0.4 is 5.32 Å². The molecule has 0 radical (unpaired) electrons. The van der Waals surface area contributed by atoms with Gasteiger partial charge in [-0.1, -0.05) is 0 Å². The first kappa shape index (κ1) is 10.2. The fourth-order valence-electron chi connectivity index (χ4n) is 1.35. The van der Waals surface area contributed by atoms with Crippen LogP contribution in [0.4, 0.5) is 0 Å². The van der Waals surface area contributed by atoms with Crippen LogP contribution in [0.5, 0.6) is 0 Å². The van der Waals surface area contributed by atoms with Crippen LogP contribution in [0.3, 0.4) is 0 Å². The number of rotatable bonds is 2. The Morgan fingerprint density at radius 1 is 1.67 bits per heavy atom. The molecule has 1 atom stereocenters. The predicted molar refractivity (Wildman–Crippen MR) is 57.0 cm³/mol. The third kappa shape index (κ3) is 2.58. The molecule has 12 heavy (non-hydrogen) atoms. The van der Waals surface area contributed by atoms with E-state index in [1.807, 2.05) is 0 Å². The van der Waals surface area contributed by atoms with Gasteiger partial charge >= 0.3 is 0 Å². The van der Waals surface area contributed by atoms with Crippen LogP contribution in [0.25, 0.3) is 0 Å². The van der Waals surface area contributed by atoms with Gasteiger partial charge in [0.1, 0.15) is 0 Å². The van der Waals surface area contributed by atoms with Crippen LogP contribution in [0, 0.1) is 0 Å². The zero-order chi connectivity index (χ0) is 9.14. The van der Waals surface area contributed by atoms with Crippen LogP contribution in [-0.4, -0.2) is 27.6 Å². The van der Waals surface area contributed by atoms with E-state index in [0.29, 0.717) is 18.5 Å². The molecule has 0 aromatic heterocycles. The van der Waals surface area contributed by atoms with E-state index in [4.69, 9.17) is 0 Å². The maximum absolute atomic E-state index is 10.9. The number of hydrogen-bond donors (Lipinski definition) is 1. The molecule has 1 fully saturated rings. The Kier molecular flexibility index (Phi) is 3.77. The van der Waals surface area contributed by atoms with Gasteiger partial charge in [-0.25, -0.2) is 3.11 Å². The molecule has 1 rings (SSSR count). The van der Waals surface area contributed by atoms with E-state index >= 15 is 0 Å². The van der Waals surface area contributed by atoms with E-state index < -0.39 is 0 Å². The summed E-state index contributed by atoms with van der Waals surface area (Å²) in [5, 5.41) is 2.88. The standard InChI is InChI=1S/C8H15IN2O/c1-6(2)11(9)7-3-4-8(12)10-5-7/h6-7H,3-5H2,1-2H3,(H,10,12)/t7-/m0/s1. The number of amides is 1. The highest BCUT2D eigenvalue weighted by molar-refractivity contribution is 14.1. The van der Waals surface area contributed by atoms with Gasteiger partial charge in [0.05, 0.1) is 0 Å². The summed E-state index contributed by atoms with van der Waals surface area (Å²) in [5.74, 6) is 0.194. The second-order valence-corrected chi connectivity index (χ2v) is 4.55. The predicted octanol–water partition coefficient (Wildman–Crippen LogP) is 1.33. The van der Waals surface area contributed by atoms with Crippen molar-refractivity contribution in [3.05, 3.63) is 0 Å². The van der Waals surface area contributed by atoms with Gasteiger partial charge in [0.15, 0.2) is 0 Å². The highest BCUT2D eigenvalue weighted by atomic mass is 127. The van der Waals surface area contributed by atoms with Crippen molar-refractivity contribution in [2.75, 3.05) is 6.54 Å².